The molecule has 2 N–H and O–H groups in total. The highest BCUT2D eigenvalue weighted by atomic mass is 16.5. The molecule has 1 aromatic carbocycles. The predicted octanol–water partition coefficient (Wildman–Crippen LogP) is 12.8. The lowest BCUT2D eigenvalue weighted by Crippen LogP contribution is -2.37. The van der Waals surface area contributed by atoms with Gasteiger partial charge >= 0.3 is 11.9 Å². The van der Waals surface area contributed by atoms with Crippen LogP contribution in [0.4, 0.5) is 11.4 Å². The standard InChI is InChI=1S/C50H93N3O6/c1-5-8-11-14-17-26-33-43-58-45(54)37-29-22-18-24-31-40-53(42-34-39-52-48-47(51-4)49(56)50(48)57)41-32-25-19-23-30-38-46(55)59-44(35-27-20-15-12-9-6-2)36-28-21-16-13-10-7-3/h44,51-52H,5-43H2,1-4H3. The molecule has 0 aliphatic heterocycles. The number of nitrogens with zero attached hydrogens (tertiary/aromatic N) is 1. The van der Waals surface area contributed by atoms with Crippen molar-refractivity contribution < 1.29 is 19.1 Å². The monoisotopic (exact) mass is 832 g/mol. The van der Waals surface area contributed by atoms with E-state index < -0.39 is 10.9 Å². The van der Waals surface area contributed by atoms with Crippen molar-refractivity contribution in [1.29, 1.82) is 0 Å². The van der Waals surface area contributed by atoms with E-state index in [0.29, 0.717) is 37.4 Å². The average Bonchev–Trinajstić information content (AvgIpc) is 3.23. The van der Waals surface area contributed by atoms with Crippen molar-refractivity contribution in [2.24, 2.45) is 0 Å². The van der Waals surface area contributed by atoms with E-state index in [4.69, 9.17) is 9.47 Å². The summed E-state index contributed by atoms with van der Waals surface area (Å²) in [5.74, 6) is -0.0523. The second-order valence-electron chi connectivity index (χ2n) is 17.4. The van der Waals surface area contributed by atoms with Crippen LogP contribution in [0.1, 0.15) is 239 Å². The van der Waals surface area contributed by atoms with E-state index in [1.165, 1.54) is 109 Å². The van der Waals surface area contributed by atoms with Crippen molar-refractivity contribution in [2.45, 2.75) is 245 Å². The Bertz CT molecular complexity index is 1180. The summed E-state index contributed by atoms with van der Waals surface area (Å²) in [4.78, 5) is 51.2. The summed E-state index contributed by atoms with van der Waals surface area (Å²) in [7, 11) is 1.67. The predicted molar refractivity (Wildman–Crippen MR) is 251 cm³/mol. The fourth-order valence-corrected chi connectivity index (χ4v) is 8.05. The molecule has 59 heavy (non-hydrogen) atoms. The highest BCUT2D eigenvalue weighted by Crippen LogP contribution is 2.19. The Kier molecular flexibility index (Phi) is 36.7. The lowest BCUT2D eigenvalue weighted by Gasteiger charge is -2.23. The van der Waals surface area contributed by atoms with Crippen LogP contribution >= 0.6 is 0 Å². The molecule has 0 amide bonds. The molecule has 1 aromatic rings. The van der Waals surface area contributed by atoms with E-state index in [1.807, 2.05) is 0 Å². The van der Waals surface area contributed by atoms with E-state index in [9.17, 15) is 19.2 Å². The van der Waals surface area contributed by atoms with Crippen molar-refractivity contribution >= 4 is 23.3 Å². The maximum Gasteiger partial charge on any atom is 0.306 e. The van der Waals surface area contributed by atoms with Gasteiger partial charge in [0, 0.05) is 26.4 Å². The zero-order valence-electron chi connectivity index (χ0n) is 39.1. The summed E-state index contributed by atoms with van der Waals surface area (Å²) >= 11 is 0. The van der Waals surface area contributed by atoms with Crippen LogP contribution in [0.15, 0.2) is 9.59 Å². The van der Waals surface area contributed by atoms with Gasteiger partial charge in [-0.1, -0.05) is 162 Å². The van der Waals surface area contributed by atoms with Gasteiger partial charge in [0.25, 0.3) is 10.9 Å². The van der Waals surface area contributed by atoms with E-state index in [1.54, 1.807) is 7.05 Å². The summed E-state index contributed by atoms with van der Waals surface area (Å²) in [5.41, 5.74) is -0.0596. The number of carbonyl (C=O) groups excluding carboxylic acids is 2. The first kappa shape index (κ1) is 54.6. The third kappa shape index (κ3) is 30.3. The zero-order valence-corrected chi connectivity index (χ0v) is 39.1. The van der Waals surface area contributed by atoms with Gasteiger partial charge in [-0.15, -0.1) is 0 Å². The van der Waals surface area contributed by atoms with Gasteiger partial charge in [-0.25, -0.2) is 0 Å². The largest absolute Gasteiger partial charge is 0.466 e. The zero-order chi connectivity index (χ0) is 43.0. The molecule has 0 spiro atoms. The van der Waals surface area contributed by atoms with Crippen molar-refractivity contribution in [3.63, 3.8) is 0 Å². The molecule has 344 valence electrons. The van der Waals surface area contributed by atoms with Crippen molar-refractivity contribution in [3.05, 3.63) is 20.4 Å². The number of hydrogen-bond acceptors (Lipinski definition) is 9. The number of hydrogen-bond donors (Lipinski definition) is 2. The summed E-state index contributed by atoms with van der Waals surface area (Å²) in [6.45, 7) is 11.0. The van der Waals surface area contributed by atoms with Crippen LogP contribution in [-0.2, 0) is 19.1 Å². The van der Waals surface area contributed by atoms with E-state index in [2.05, 4.69) is 36.3 Å². The molecule has 0 saturated carbocycles. The average molecular weight is 832 g/mol. The Hall–Kier alpha value is -2.42. The summed E-state index contributed by atoms with van der Waals surface area (Å²) in [6.07, 6.45) is 38.5. The van der Waals surface area contributed by atoms with Crippen LogP contribution in [-0.4, -0.2) is 62.8 Å². The molecule has 9 nitrogen and oxygen atoms in total. The lowest BCUT2D eigenvalue weighted by atomic mass is 10.0. The maximum absolute atomic E-state index is 12.8. The number of nitrogens with one attached hydrogen (secondary N) is 2. The third-order valence-corrected chi connectivity index (χ3v) is 11.9. The molecule has 0 aromatic heterocycles. The molecule has 1 rings (SSSR count). The first-order valence-electron chi connectivity index (χ1n) is 25.2. The second-order valence-corrected chi connectivity index (χ2v) is 17.4. The second kappa shape index (κ2) is 39.7. The van der Waals surface area contributed by atoms with Gasteiger partial charge in [0.15, 0.2) is 0 Å². The molecule has 9 heteroatoms. The molecule has 0 aliphatic carbocycles. The van der Waals surface area contributed by atoms with Gasteiger partial charge in [-0.2, -0.15) is 0 Å². The Morgan fingerprint density at radius 2 is 0.898 bits per heavy atom. The van der Waals surface area contributed by atoms with Crippen LogP contribution in [0.25, 0.3) is 0 Å². The van der Waals surface area contributed by atoms with Crippen LogP contribution in [0.2, 0.25) is 0 Å². The summed E-state index contributed by atoms with van der Waals surface area (Å²) in [6, 6.07) is 0. The van der Waals surface area contributed by atoms with Crippen molar-refractivity contribution in [3.8, 4) is 0 Å². The van der Waals surface area contributed by atoms with E-state index in [-0.39, 0.29) is 18.0 Å². The molecule has 0 atom stereocenters. The van der Waals surface area contributed by atoms with E-state index >= 15 is 0 Å². The van der Waals surface area contributed by atoms with Crippen LogP contribution < -0.4 is 21.5 Å². The minimum Gasteiger partial charge on any atom is -0.466 e. The van der Waals surface area contributed by atoms with Gasteiger partial charge in [-0.05, 0) is 83.8 Å². The molecule has 0 fully saturated rings. The number of carbonyl (C=O) groups is 2. The Morgan fingerprint density at radius 1 is 0.492 bits per heavy atom. The SMILES string of the molecule is CCCCCCCCCOC(=O)CCCCCCCN(CCCCCCCC(=O)OC(CCCCCCCC)CCCCCCCC)CCCNc1c(NC)c(=O)c1=O. The third-order valence-electron chi connectivity index (χ3n) is 11.9. The molecule has 0 heterocycles. The van der Waals surface area contributed by atoms with Gasteiger partial charge in [0.05, 0.1) is 6.61 Å². The van der Waals surface area contributed by atoms with Crippen molar-refractivity contribution in [2.75, 3.05) is 50.5 Å². The summed E-state index contributed by atoms with van der Waals surface area (Å²) < 4.78 is 11.5. The van der Waals surface area contributed by atoms with Crippen LogP contribution in [0.3, 0.4) is 0 Å². The normalized spacial score (nSPS) is 11.6. The first-order valence-corrected chi connectivity index (χ1v) is 25.2. The highest BCUT2D eigenvalue weighted by Gasteiger charge is 2.19. The molecule has 0 unspecified atom stereocenters. The maximum atomic E-state index is 12.8. The molecule has 0 aliphatic rings. The quantitative estimate of drug-likeness (QED) is 0.0377. The Balaban J connectivity index is 2.36. The van der Waals surface area contributed by atoms with Gasteiger partial charge in [-0.3, -0.25) is 19.2 Å². The minimum atomic E-state index is -0.440. The minimum absolute atomic E-state index is 0.00365. The first-order chi connectivity index (χ1) is 28.9. The molecule has 0 bridgehead atoms. The fraction of sp³-hybridized carbons (Fsp3) is 0.880. The van der Waals surface area contributed by atoms with Gasteiger partial charge in [0.2, 0.25) is 0 Å². The number of esters is 2. The molecular formula is C50H93N3O6. The van der Waals surface area contributed by atoms with Crippen molar-refractivity contribution in [1.82, 2.24) is 4.90 Å². The Labute approximate surface area is 362 Å². The number of unbranched alkanes of at least 4 members (excludes halogenated alkanes) is 24. The molecule has 0 radical (unpaired) electrons. The molecular weight excluding hydrogens is 739 g/mol. The van der Waals surface area contributed by atoms with E-state index in [0.717, 1.165) is 116 Å². The van der Waals surface area contributed by atoms with Crippen LogP contribution in [0, 0.1) is 0 Å². The lowest BCUT2D eigenvalue weighted by molar-refractivity contribution is -0.150. The number of anilines is 2. The number of ether oxygens (including phenoxy) is 2. The number of rotatable bonds is 45. The highest BCUT2D eigenvalue weighted by molar-refractivity contribution is 5.73. The molecule has 0 saturated heterocycles. The topological polar surface area (TPSA) is 114 Å². The fourth-order valence-electron chi connectivity index (χ4n) is 8.05. The van der Waals surface area contributed by atoms with Crippen LogP contribution in [0.5, 0.6) is 0 Å². The van der Waals surface area contributed by atoms with Gasteiger partial charge < -0.3 is 25.0 Å². The van der Waals surface area contributed by atoms with Gasteiger partial charge in [0.1, 0.15) is 17.5 Å². The Morgan fingerprint density at radius 3 is 1.41 bits per heavy atom. The summed E-state index contributed by atoms with van der Waals surface area (Å²) in [5, 5.41) is 6.01. The smallest absolute Gasteiger partial charge is 0.306 e.